The maximum absolute atomic E-state index is 12.5. The third-order valence-corrected chi connectivity index (χ3v) is 4.85. The van der Waals surface area contributed by atoms with Gasteiger partial charge in [0.1, 0.15) is 10.1 Å². The molecule has 118 valence electrons. The summed E-state index contributed by atoms with van der Waals surface area (Å²) in [5.74, 6) is 1.12. The first-order valence-electron chi connectivity index (χ1n) is 7.10. The predicted octanol–water partition coefficient (Wildman–Crippen LogP) is 4.71. The van der Waals surface area contributed by atoms with Crippen LogP contribution in [0.3, 0.4) is 0 Å². The molecule has 1 fully saturated rings. The van der Waals surface area contributed by atoms with Crippen LogP contribution in [0, 0.1) is 5.92 Å². The number of hydrogen-bond donors (Lipinski definition) is 0. The van der Waals surface area contributed by atoms with Crippen molar-refractivity contribution in [3.05, 3.63) is 33.1 Å². The summed E-state index contributed by atoms with van der Waals surface area (Å²) in [5.41, 5.74) is 0.876. The lowest BCUT2D eigenvalue weighted by Crippen LogP contribution is -2.31. The summed E-state index contributed by atoms with van der Waals surface area (Å²) < 4.78 is 7.19. The zero-order chi connectivity index (χ0) is 16.3. The lowest BCUT2D eigenvalue weighted by molar-refractivity contribution is -0.122. The molecule has 6 heteroatoms. The van der Waals surface area contributed by atoms with Gasteiger partial charge in [-0.2, -0.15) is 0 Å². The van der Waals surface area contributed by atoms with Gasteiger partial charge in [0, 0.05) is 16.6 Å². The van der Waals surface area contributed by atoms with Crippen molar-refractivity contribution in [3.8, 4) is 5.75 Å². The van der Waals surface area contributed by atoms with Crippen LogP contribution >= 0.6 is 39.9 Å². The van der Waals surface area contributed by atoms with Crippen LogP contribution in [0.4, 0.5) is 0 Å². The average Bonchev–Trinajstić information content (AvgIpc) is 2.69. The molecule has 0 aliphatic carbocycles. The first-order chi connectivity index (χ1) is 10.4. The van der Waals surface area contributed by atoms with Gasteiger partial charge in [0.2, 0.25) is 0 Å². The summed E-state index contributed by atoms with van der Waals surface area (Å²) in [7, 11) is 0. The molecule has 0 spiro atoms. The van der Waals surface area contributed by atoms with E-state index in [4.69, 9.17) is 17.0 Å². The van der Waals surface area contributed by atoms with E-state index in [1.807, 2.05) is 31.2 Å². The molecule has 1 aromatic rings. The van der Waals surface area contributed by atoms with E-state index in [0.717, 1.165) is 15.8 Å². The maximum atomic E-state index is 12.5. The second kappa shape index (κ2) is 7.62. The number of nitrogens with zero attached hydrogens (tertiary/aromatic N) is 1. The van der Waals surface area contributed by atoms with Gasteiger partial charge in [-0.1, -0.05) is 53.8 Å². The highest BCUT2D eigenvalue weighted by molar-refractivity contribution is 9.10. The molecule has 3 nitrogen and oxygen atoms in total. The van der Waals surface area contributed by atoms with Crippen LogP contribution in [0.1, 0.15) is 26.3 Å². The van der Waals surface area contributed by atoms with E-state index in [1.165, 1.54) is 11.8 Å². The summed E-state index contributed by atoms with van der Waals surface area (Å²) >= 11 is 10.1. The van der Waals surface area contributed by atoms with E-state index >= 15 is 0 Å². The third kappa shape index (κ3) is 4.12. The fraction of sp³-hybridized carbons (Fsp3) is 0.375. The van der Waals surface area contributed by atoms with Crippen LogP contribution in [0.2, 0.25) is 0 Å². The Labute approximate surface area is 149 Å². The van der Waals surface area contributed by atoms with Gasteiger partial charge in [0.05, 0.1) is 11.5 Å². The molecule has 0 saturated carbocycles. The summed E-state index contributed by atoms with van der Waals surface area (Å²) in [5, 5.41) is 0. The van der Waals surface area contributed by atoms with Crippen molar-refractivity contribution in [1.29, 1.82) is 0 Å². The number of carbonyl (C=O) groups excluding carboxylic acids is 1. The lowest BCUT2D eigenvalue weighted by atomic mass is 10.1. The Morgan fingerprint density at radius 2 is 2.18 bits per heavy atom. The van der Waals surface area contributed by atoms with Gasteiger partial charge >= 0.3 is 0 Å². The number of hydrogen-bond acceptors (Lipinski definition) is 4. The van der Waals surface area contributed by atoms with Gasteiger partial charge in [0.25, 0.3) is 5.91 Å². The van der Waals surface area contributed by atoms with Gasteiger partial charge in [-0.3, -0.25) is 9.69 Å². The molecule has 2 rings (SSSR count). The Balaban J connectivity index is 2.32. The molecule has 1 aliphatic rings. The van der Waals surface area contributed by atoms with Crippen molar-refractivity contribution in [2.45, 2.75) is 20.8 Å². The van der Waals surface area contributed by atoms with Crippen molar-refractivity contribution >= 4 is 56.2 Å². The Hall–Kier alpha value is -0.850. The minimum atomic E-state index is -0.0221. The van der Waals surface area contributed by atoms with E-state index in [2.05, 4.69) is 29.8 Å². The minimum absolute atomic E-state index is 0.0221. The second-order valence-electron chi connectivity index (χ2n) is 5.30. The largest absolute Gasteiger partial charge is 0.493 e. The molecule has 0 N–H and O–H groups in total. The third-order valence-electron chi connectivity index (χ3n) is 2.98. The maximum Gasteiger partial charge on any atom is 0.266 e. The first kappa shape index (κ1) is 17.5. The summed E-state index contributed by atoms with van der Waals surface area (Å²) in [6, 6.07) is 5.76. The number of carbonyl (C=O) groups is 1. The SMILES string of the molecule is CCOc1ccc(Br)cc1/C=C1/SC(=S)N(CC(C)C)C1=O. The molecule has 1 aliphatic heterocycles. The Morgan fingerprint density at radius 1 is 1.45 bits per heavy atom. The smallest absolute Gasteiger partial charge is 0.266 e. The molecule has 0 bridgehead atoms. The molecule has 0 aromatic heterocycles. The van der Waals surface area contributed by atoms with Gasteiger partial charge in [-0.05, 0) is 37.1 Å². The quantitative estimate of drug-likeness (QED) is 0.529. The monoisotopic (exact) mass is 399 g/mol. The number of ether oxygens (including phenoxy) is 1. The molecular formula is C16H18BrNO2S2. The highest BCUT2D eigenvalue weighted by Gasteiger charge is 2.32. The first-order valence-corrected chi connectivity index (χ1v) is 9.11. The Bertz CT molecular complexity index is 629. The van der Waals surface area contributed by atoms with Crippen LogP contribution in [0.15, 0.2) is 27.6 Å². The van der Waals surface area contributed by atoms with Crippen molar-refractivity contribution < 1.29 is 9.53 Å². The topological polar surface area (TPSA) is 29.5 Å². The second-order valence-corrected chi connectivity index (χ2v) is 7.89. The molecule has 0 atom stereocenters. The van der Waals surface area contributed by atoms with Crippen LogP contribution in [0.5, 0.6) is 5.75 Å². The van der Waals surface area contributed by atoms with E-state index < -0.39 is 0 Å². The van der Waals surface area contributed by atoms with E-state index in [0.29, 0.717) is 28.3 Å². The van der Waals surface area contributed by atoms with Crippen molar-refractivity contribution in [2.75, 3.05) is 13.2 Å². The highest BCUT2D eigenvalue weighted by Crippen LogP contribution is 2.35. The van der Waals surface area contributed by atoms with E-state index in [-0.39, 0.29) is 5.91 Å². The minimum Gasteiger partial charge on any atom is -0.493 e. The highest BCUT2D eigenvalue weighted by atomic mass is 79.9. The van der Waals surface area contributed by atoms with Crippen molar-refractivity contribution in [1.82, 2.24) is 4.90 Å². The van der Waals surface area contributed by atoms with Gasteiger partial charge in [-0.25, -0.2) is 0 Å². The number of benzene rings is 1. The van der Waals surface area contributed by atoms with Gasteiger partial charge in [-0.15, -0.1) is 0 Å². The fourth-order valence-corrected chi connectivity index (χ4v) is 3.73. The van der Waals surface area contributed by atoms with Crippen LogP contribution in [-0.2, 0) is 4.79 Å². The van der Waals surface area contributed by atoms with Crippen LogP contribution in [-0.4, -0.2) is 28.3 Å². The van der Waals surface area contributed by atoms with Crippen molar-refractivity contribution in [3.63, 3.8) is 0 Å². The molecule has 1 saturated heterocycles. The Morgan fingerprint density at radius 3 is 2.82 bits per heavy atom. The van der Waals surface area contributed by atoms with Gasteiger partial charge < -0.3 is 4.74 Å². The summed E-state index contributed by atoms with van der Waals surface area (Å²) in [6.45, 7) is 7.32. The lowest BCUT2D eigenvalue weighted by Gasteiger charge is -2.16. The molecule has 0 unspecified atom stereocenters. The zero-order valence-corrected chi connectivity index (χ0v) is 16.0. The van der Waals surface area contributed by atoms with Gasteiger partial charge in [0.15, 0.2) is 0 Å². The number of thioether (sulfide) groups is 1. The summed E-state index contributed by atoms with van der Waals surface area (Å²) in [6.07, 6.45) is 1.86. The van der Waals surface area contributed by atoms with Crippen LogP contribution in [0.25, 0.3) is 6.08 Å². The predicted molar refractivity (Wildman–Crippen MR) is 100 cm³/mol. The molecule has 1 heterocycles. The van der Waals surface area contributed by atoms with E-state index in [9.17, 15) is 4.79 Å². The van der Waals surface area contributed by atoms with Crippen molar-refractivity contribution in [2.24, 2.45) is 5.92 Å². The number of rotatable bonds is 5. The number of thiocarbonyl (C=S) groups is 1. The zero-order valence-electron chi connectivity index (χ0n) is 12.8. The normalized spacial score (nSPS) is 17.0. The Kier molecular flexibility index (Phi) is 6.06. The van der Waals surface area contributed by atoms with E-state index in [1.54, 1.807) is 4.90 Å². The number of amides is 1. The molecule has 0 radical (unpaired) electrons. The molecule has 22 heavy (non-hydrogen) atoms. The standard InChI is InChI=1S/C16H18BrNO2S2/c1-4-20-13-6-5-12(17)7-11(13)8-14-15(19)18(9-10(2)3)16(21)22-14/h5-8,10H,4,9H2,1-3H3/b14-8+. The molecular weight excluding hydrogens is 382 g/mol. The van der Waals surface area contributed by atoms with Crippen LogP contribution < -0.4 is 4.74 Å². The average molecular weight is 400 g/mol. The number of halogens is 1. The summed E-state index contributed by atoms with van der Waals surface area (Å²) in [4.78, 5) is 14.8. The molecule has 1 amide bonds. The fourth-order valence-electron chi connectivity index (χ4n) is 2.08. The molecule has 1 aromatic carbocycles.